The summed E-state index contributed by atoms with van der Waals surface area (Å²) < 4.78 is 11.1. The third-order valence-electron chi connectivity index (χ3n) is 4.28. The minimum atomic E-state index is -0.264. The molecule has 3 heterocycles. The number of likely N-dealkylation sites (tertiary alicyclic amines) is 1. The zero-order chi connectivity index (χ0) is 14.5. The number of hydrogen-bond donors (Lipinski definition) is 1. The molecular weight excluding hydrogens is 268 g/mol. The SMILES string of the molecule is O[C@@H]1CN(CC2COCCOC2)C[C@H]1Cc1ccccn1. The highest BCUT2D eigenvalue weighted by Crippen LogP contribution is 2.22. The summed E-state index contributed by atoms with van der Waals surface area (Å²) in [5, 5.41) is 10.3. The number of aliphatic hydroxyl groups is 1. The molecule has 2 aliphatic heterocycles. The van der Waals surface area contributed by atoms with Gasteiger partial charge in [0.15, 0.2) is 0 Å². The Morgan fingerprint density at radius 2 is 2.00 bits per heavy atom. The molecule has 3 rings (SSSR count). The summed E-state index contributed by atoms with van der Waals surface area (Å²) in [5.41, 5.74) is 1.06. The summed E-state index contributed by atoms with van der Waals surface area (Å²) in [5.74, 6) is 0.681. The topological polar surface area (TPSA) is 54.8 Å². The fraction of sp³-hybridized carbons (Fsp3) is 0.688. The van der Waals surface area contributed by atoms with E-state index in [2.05, 4.69) is 9.88 Å². The molecule has 2 aliphatic rings. The fourth-order valence-corrected chi connectivity index (χ4v) is 3.22. The Balaban J connectivity index is 1.50. The first-order chi connectivity index (χ1) is 10.3. The molecule has 0 saturated carbocycles. The minimum Gasteiger partial charge on any atom is -0.391 e. The molecule has 0 spiro atoms. The third-order valence-corrected chi connectivity index (χ3v) is 4.28. The van der Waals surface area contributed by atoms with E-state index in [0.717, 1.165) is 45.0 Å². The van der Waals surface area contributed by atoms with Crippen LogP contribution in [0, 0.1) is 11.8 Å². The van der Waals surface area contributed by atoms with Gasteiger partial charge in [-0.25, -0.2) is 0 Å². The van der Waals surface area contributed by atoms with Crippen LogP contribution in [0.15, 0.2) is 24.4 Å². The van der Waals surface area contributed by atoms with Gasteiger partial charge in [-0.1, -0.05) is 6.07 Å². The van der Waals surface area contributed by atoms with E-state index in [9.17, 15) is 5.11 Å². The van der Waals surface area contributed by atoms with E-state index < -0.39 is 0 Å². The number of ether oxygens (including phenoxy) is 2. The molecule has 0 amide bonds. The quantitative estimate of drug-likeness (QED) is 0.880. The second-order valence-electron chi connectivity index (χ2n) is 6.09. The summed E-state index contributed by atoms with van der Waals surface area (Å²) in [6.45, 7) is 5.52. The lowest BCUT2D eigenvalue weighted by atomic mass is 10.00. The van der Waals surface area contributed by atoms with Crippen LogP contribution in [-0.2, 0) is 15.9 Å². The maximum absolute atomic E-state index is 10.3. The molecule has 0 aromatic carbocycles. The van der Waals surface area contributed by atoms with Crippen LogP contribution in [0.1, 0.15) is 5.69 Å². The van der Waals surface area contributed by atoms with Gasteiger partial charge in [-0.05, 0) is 18.6 Å². The summed E-state index contributed by atoms with van der Waals surface area (Å²) >= 11 is 0. The lowest BCUT2D eigenvalue weighted by Crippen LogP contribution is -2.32. The Morgan fingerprint density at radius 3 is 2.71 bits per heavy atom. The molecular formula is C16H24N2O3. The van der Waals surface area contributed by atoms with E-state index in [1.807, 2.05) is 24.4 Å². The molecule has 21 heavy (non-hydrogen) atoms. The van der Waals surface area contributed by atoms with E-state index in [1.165, 1.54) is 0 Å². The van der Waals surface area contributed by atoms with E-state index in [1.54, 1.807) is 0 Å². The lowest BCUT2D eigenvalue weighted by molar-refractivity contribution is 0.103. The maximum Gasteiger partial charge on any atom is 0.0711 e. The van der Waals surface area contributed by atoms with Crippen molar-refractivity contribution in [1.29, 1.82) is 0 Å². The van der Waals surface area contributed by atoms with Crippen LogP contribution >= 0.6 is 0 Å². The second kappa shape index (κ2) is 7.31. The first kappa shape index (κ1) is 14.9. The number of aromatic nitrogens is 1. The number of aliphatic hydroxyl groups excluding tert-OH is 1. The third kappa shape index (κ3) is 4.23. The zero-order valence-corrected chi connectivity index (χ0v) is 12.4. The Kier molecular flexibility index (Phi) is 5.19. The van der Waals surface area contributed by atoms with E-state index in [4.69, 9.17) is 9.47 Å². The highest BCUT2D eigenvalue weighted by atomic mass is 16.5. The van der Waals surface area contributed by atoms with Crippen LogP contribution in [0.3, 0.4) is 0 Å². The van der Waals surface area contributed by atoms with Crippen molar-refractivity contribution < 1.29 is 14.6 Å². The van der Waals surface area contributed by atoms with Crippen molar-refractivity contribution in [2.75, 3.05) is 46.1 Å². The molecule has 0 aliphatic carbocycles. The molecule has 116 valence electrons. The molecule has 2 saturated heterocycles. The van der Waals surface area contributed by atoms with Crippen LogP contribution in [0.2, 0.25) is 0 Å². The van der Waals surface area contributed by atoms with Crippen LogP contribution in [0.5, 0.6) is 0 Å². The van der Waals surface area contributed by atoms with Gasteiger partial charge in [-0.3, -0.25) is 9.88 Å². The van der Waals surface area contributed by atoms with Crippen molar-refractivity contribution in [3.8, 4) is 0 Å². The first-order valence-electron chi connectivity index (χ1n) is 7.77. The van der Waals surface area contributed by atoms with Gasteiger partial charge in [-0.15, -0.1) is 0 Å². The fourth-order valence-electron chi connectivity index (χ4n) is 3.22. The van der Waals surface area contributed by atoms with Gasteiger partial charge in [0.25, 0.3) is 0 Å². The van der Waals surface area contributed by atoms with Crippen molar-refractivity contribution in [2.24, 2.45) is 11.8 Å². The van der Waals surface area contributed by atoms with Crippen LogP contribution < -0.4 is 0 Å². The Bertz CT molecular complexity index is 421. The van der Waals surface area contributed by atoms with Gasteiger partial charge in [-0.2, -0.15) is 0 Å². The normalized spacial score (nSPS) is 28.6. The largest absolute Gasteiger partial charge is 0.391 e. The summed E-state index contributed by atoms with van der Waals surface area (Å²) in [4.78, 5) is 6.69. The van der Waals surface area contributed by atoms with Gasteiger partial charge in [0.2, 0.25) is 0 Å². The smallest absolute Gasteiger partial charge is 0.0711 e. The maximum atomic E-state index is 10.3. The van der Waals surface area contributed by atoms with Gasteiger partial charge in [0.1, 0.15) is 0 Å². The Morgan fingerprint density at radius 1 is 1.19 bits per heavy atom. The molecule has 0 bridgehead atoms. The van der Waals surface area contributed by atoms with Crippen LogP contribution in [-0.4, -0.2) is 67.2 Å². The molecule has 5 nitrogen and oxygen atoms in total. The van der Waals surface area contributed by atoms with Crippen LogP contribution in [0.4, 0.5) is 0 Å². The number of nitrogens with zero attached hydrogens (tertiary/aromatic N) is 2. The highest BCUT2D eigenvalue weighted by molar-refractivity contribution is 5.06. The molecule has 1 aromatic heterocycles. The average molecular weight is 292 g/mol. The summed E-state index contributed by atoms with van der Waals surface area (Å²) in [6, 6.07) is 5.96. The van der Waals surface area contributed by atoms with E-state index in [0.29, 0.717) is 19.1 Å². The molecule has 1 N–H and O–H groups in total. The van der Waals surface area contributed by atoms with Crippen molar-refractivity contribution in [3.63, 3.8) is 0 Å². The monoisotopic (exact) mass is 292 g/mol. The van der Waals surface area contributed by atoms with Crippen molar-refractivity contribution in [2.45, 2.75) is 12.5 Å². The Hall–Kier alpha value is -1.01. The second-order valence-corrected chi connectivity index (χ2v) is 6.09. The molecule has 5 heteroatoms. The van der Waals surface area contributed by atoms with Gasteiger partial charge >= 0.3 is 0 Å². The van der Waals surface area contributed by atoms with Gasteiger partial charge in [0.05, 0.1) is 32.5 Å². The molecule has 0 unspecified atom stereocenters. The number of β-amino-alcohol motifs (C(OH)–C–C–N with tert-alkyl or cyclic N) is 1. The first-order valence-corrected chi connectivity index (χ1v) is 7.77. The number of rotatable bonds is 4. The molecule has 2 atom stereocenters. The summed E-state index contributed by atoms with van der Waals surface area (Å²) in [6.07, 6.45) is 2.39. The standard InChI is InChI=1S/C16H24N2O3/c19-16-10-18(8-13-11-20-5-6-21-12-13)9-14(16)7-15-3-1-2-4-17-15/h1-4,13-14,16,19H,5-12H2/t14-,16-/m1/s1. The Labute approximate surface area is 125 Å². The summed E-state index contributed by atoms with van der Waals surface area (Å²) in [7, 11) is 0. The van der Waals surface area contributed by atoms with Gasteiger partial charge < -0.3 is 14.6 Å². The predicted octanol–water partition coefficient (Wildman–Crippen LogP) is 0.580. The molecule has 2 fully saturated rings. The highest BCUT2D eigenvalue weighted by Gasteiger charge is 2.32. The van der Waals surface area contributed by atoms with E-state index >= 15 is 0 Å². The van der Waals surface area contributed by atoms with E-state index in [-0.39, 0.29) is 12.0 Å². The van der Waals surface area contributed by atoms with Crippen LogP contribution in [0.25, 0.3) is 0 Å². The molecule has 0 radical (unpaired) electrons. The van der Waals surface area contributed by atoms with Gasteiger partial charge in [0, 0.05) is 43.4 Å². The number of hydrogen-bond acceptors (Lipinski definition) is 5. The minimum absolute atomic E-state index is 0.264. The zero-order valence-electron chi connectivity index (χ0n) is 12.4. The predicted molar refractivity (Wildman–Crippen MR) is 79.0 cm³/mol. The molecule has 1 aromatic rings. The van der Waals surface area contributed by atoms with Crippen molar-refractivity contribution in [3.05, 3.63) is 30.1 Å². The average Bonchev–Trinajstić information content (AvgIpc) is 2.68. The van der Waals surface area contributed by atoms with Crippen molar-refractivity contribution >= 4 is 0 Å². The number of pyridine rings is 1. The lowest BCUT2D eigenvalue weighted by Gasteiger charge is -2.21. The van der Waals surface area contributed by atoms with Crippen molar-refractivity contribution in [1.82, 2.24) is 9.88 Å².